The first-order valence-electron chi connectivity index (χ1n) is 15.1. The first-order valence-corrected chi connectivity index (χ1v) is 35.1. The third-order valence-corrected chi connectivity index (χ3v) is 47.6. The molecule has 0 radical (unpaired) electrons. The molecule has 4 aromatic rings. The third-order valence-electron chi connectivity index (χ3n) is 11.2. The van der Waals surface area contributed by atoms with E-state index in [1.165, 1.54) is 55.6 Å². The maximum atomic E-state index is 5.64. The summed E-state index contributed by atoms with van der Waals surface area (Å²) in [7, 11) is 0. The molecule has 0 heterocycles. The molecule has 2 aliphatic rings. The van der Waals surface area contributed by atoms with E-state index in [4.69, 9.17) is 4.26 Å². The molecule has 4 aromatic carbocycles. The van der Waals surface area contributed by atoms with Crippen LogP contribution < -0.4 is 0 Å². The van der Waals surface area contributed by atoms with Gasteiger partial charge in [-0.1, -0.05) is 0 Å². The summed E-state index contributed by atoms with van der Waals surface area (Å²) in [5.41, 5.74) is 13.5. The zero-order valence-corrected chi connectivity index (χ0v) is 28.8. The van der Waals surface area contributed by atoms with E-state index < -0.39 is 15.1 Å². The standard InChI is InChI=1S/2C16H13.C3H7.3CH3.CH2.Hf/c2*1-12-8-10-14(11-9-12)16-7-3-5-13-4-2-6-15(13)16;1-3-2;;;;;/h2*2-11H,1H3;1,3H2,2H3;3*1H3;1H2;. The molecule has 6 rings (SSSR count). The molecule has 0 amide bonds. The van der Waals surface area contributed by atoms with Crippen molar-refractivity contribution in [2.45, 2.75) is 52.8 Å². The molecule has 0 saturated carbocycles. The molecule has 204 valence electrons. The molecule has 0 saturated heterocycles. The van der Waals surface area contributed by atoms with Gasteiger partial charge in [0.05, 0.1) is 0 Å². The van der Waals surface area contributed by atoms with E-state index in [1.807, 2.05) is 0 Å². The van der Waals surface area contributed by atoms with Crippen molar-refractivity contribution in [2.75, 3.05) is 0 Å². The van der Waals surface area contributed by atoms with Gasteiger partial charge in [-0.3, -0.25) is 0 Å². The molecular formula is C39H44Hf. The van der Waals surface area contributed by atoms with Gasteiger partial charge in [0.25, 0.3) is 0 Å². The van der Waals surface area contributed by atoms with Crippen LogP contribution in [0.3, 0.4) is 0 Å². The van der Waals surface area contributed by atoms with E-state index in [9.17, 15) is 0 Å². The summed E-state index contributed by atoms with van der Waals surface area (Å²) in [6, 6.07) is 31.9. The second kappa shape index (κ2) is 8.10. The molecule has 40 heavy (non-hydrogen) atoms. The SMILES string of the molecule is [CH2]=[Hf]([CH3])([CH3])([CH3])([CH2]CC)([CH]1C=Cc2c(-c3ccc(C)cc3)cccc21)[CH]1C=Cc2c(-c3ccc(C)cc3)cccc21. The Hall–Kier alpha value is -2.90. The number of hydrogen-bond donors (Lipinski definition) is 0. The van der Waals surface area contributed by atoms with Gasteiger partial charge in [0.1, 0.15) is 0 Å². The summed E-state index contributed by atoms with van der Waals surface area (Å²) in [4.78, 5) is 0. The monoisotopic (exact) mass is 692 g/mol. The van der Waals surface area contributed by atoms with Crippen LogP contribution in [-0.2, 0) is 15.1 Å². The van der Waals surface area contributed by atoms with Crippen molar-refractivity contribution in [3.63, 3.8) is 0 Å². The topological polar surface area (TPSA) is 0 Å². The van der Waals surface area contributed by atoms with E-state index in [2.05, 4.69) is 144 Å². The van der Waals surface area contributed by atoms with E-state index >= 15 is 0 Å². The average Bonchev–Trinajstić information content (AvgIpc) is 3.56. The normalized spacial score (nSPS) is 20.3. The van der Waals surface area contributed by atoms with Crippen LogP contribution in [0.5, 0.6) is 0 Å². The summed E-state index contributed by atoms with van der Waals surface area (Å²) in [5.74, 6) is 0. The van der Waals surface area contributed by atoms with Gasteiger partial charge < -0.3 is 0 Å². The Morgan fingerprint density at radius 2 is 1.00 bits per heavy atom. The van der Waals surface area contributed by atoms with Crippen LogP contribution in [-0.4, -0.2) is 4.26 Å². The average molecular weight is 691 g/mol. The van der Waals surface area contributed by atoms with Gasteiger partial charge in [0, 0.05) is 0 Å². The number of fused-ring (bicyclic) bond motifs is 2. The number of hydrogen-bond acceptors (Lipinski definition) is 0. The van der Waals surface area contributed by atoms with Gasteiger partial charge in [-0.15, -0.1) is 0 Å². The molecule has 0 aromatic heterocycles. The van der Waals surface area contributed by atoms with Gasteiger partial charge in [0.2, 0.25) is 0 Å². The molecule has 0 spiro atoms. The summed E-state index contributed by atoms with van der Waals surface area (Å²) in [5, 5.41) is 0. The molecule has 1 heteroatoms. The predicted octanol–water partition coefficient (Wildman–Crippen LogP) is 11.6. The van der Waals surface area contributed by atoms with E-state index in [-0.39, 0.29) is 0 Å². The Labute approximate surface area is 235 Å². The van der Waals surface area contributed by atoms with Gasteiger partial charge in [-0.2, -0.15) is 0 Å². The summed E-state index contributed by atoms with van der Waals surface area (Å²) in [6.45, 7) is 6.68. The zero-order valence-electron chi connectivity index (χ0n) is 25.2. The summed E-state index contributed by atoms with van der Waals surface area (Å²) < 4.78 is 15.5. The molecule has 2 atom stereocenters. The van der Waals surface area contributed by atoms with Crippen molar-refractivity contribution in [3.8, 4) is 22.3 Å². The molecule has 2 unspecified atom stereocenters. The van der Waals surface area contributed by atoms with Crippen LogP contribution in [0.15, 0.2) is 97.1 Å². The van der Waals surface area contributed by atoms with Crippen LogP contribution in [0.25, 0.3) is 34.4 Å². The van der Waals surface area contributed by atoms with Crippen LogP contribution in [0.2, 0.25) is 18.2 Å². The first kappa shape index (κ1) is 27.3. The van der Waals surface area contributed by atoms with Crippen molar-refractivity contribution in [1.82, 2.24) is 0 Å². The summed E-state index contributed by atoms with van der Waals surface area (Å²) in [6.07, 6.45) is 11.1. The molecular weight excluding hydrogens is 647 g/mol. The fourth-order valence-corrected chi connectivity index (χ4v) is 41.8. The minimum atomic E-state index is -5.11. The molecule has 0 nitrogen and oxygen atoms in total. The Balaban J connectivity index is 1.56. The van der Waals surface area contributed by atoms with Crippen LogP contribution in [0, 0.1) is 13.8 Å². The Morgan fingerprint density at radius 1 is 0.600 bits per heavy atom. The van der Waals surface area contributed by atoms with Crippen LogP contribution in [0.4, 0.5) is 0 Å². The van der Waals surface area contributed by atoms with Gasteiger partial charge in [-0.25, -0.2) is 0 Å². The maximum absolute atomic E-state index is 5.64. The van der Waals surface area contributed by atoms with Crippen LogP contribution >= 0.6 is 0 Å². The molecule has 2 aliphatic carbocycles. The molecule has 0 N–H and O–H groups in total. The first-order chi connectivity index (χ1) is 18.8. The number of benzene rings is 4. The van der Waals surface area contributed by atoms with Gasteiger partial charge >= 0.3 is 237 Å². The van der Waals surface area contributed by atoms with E-state index in [0.29, 0.717) is 7.35 Å². The number of allylic oxidation sites excluding steroid dienone is 2. The quantitative estimate of drug-likeness (QED) is 0.177. The zero-order chi connectivity index (χ0) is 28.4. The Bertz CT molecular complexity index is 1710. The third kappa shape index (κ3) is 3.92. The number of rotatable bonds is 6. The molecule has 0 bridgehead atoms. The molecule has 0 aliphatic heterocycles. The number of aryl methyl sites for hydroxylation is 2. The second-order valence-corrected chi connectivity index (χ2v) is 70.0. The summed E-state index contributed by atoms with van der Waals surface area (Å²) >= 11 is -5.11. The predicted molar refractivity (Wildman–Crippen MR) is 177 cm³/mol. The fraction of sp³-hybridized carbons (Fsp3) is 0.256. The molecule has 0 fully saturated rings. The second-order valence-electron chi connectivity index (χ2n) is 16.4. The van der Waals surface area contributed by atoms with E-state index in [0.717, 1.165) is 10.6 Å². The van der Waals surface area contributed by atoms with Crippen molar-refractivity contribution in [1.29, 1.82) is 0 Å². The van der Waals surface area contributed by atoms with Crippen LogP contribution in [0.1, 0.15) is 54.1 Å². The van der Waals surface area contributed by atoms with Gasteiger partial charge in [-0.05, 0) is 0 Å². The van der Waals surface area contributed by atoms with Crippen molar-refractivity contribution < 1.29 is 15.1 Å². The minimum absolute atomic E-state index is 0.313. The van der Waals surface area contributed by atoms with Crippen molar-refractivity contribution >= 4 is 16.4 Å². The van der Waals surface area contributed by atoms with Gasteiger partial charge in [0.15, 0.2) is 0 Å². The Morgan fingerprint density at radius 3 is 1.38 bits per heavy atom. The van der Waals surface area contributed by atoms with E-state index in [1.54, 1.807) is 0 Å². The fourth-order valence-electron chi connectivity index (χ4n) is 8.88. The Kier molecular flexibility index (Phi) is 5.52. The van der Waals surface area contributed by atoms with Crippen molar-refractivity contribution in [3.05, 3.63) is 130 Å². The van der Waals surface area contributed by atoms with Crippen molar-refractivity contribution in [2.24, 2.45) is 0 Å².